The van der Waals surface area contributed by atoms with Crippen molar-refractivity contribution in [1.29, 1.82) is 0 Å². The van der Waals surface area contributed by atoms with Crippen molar-refractivity contribution in [1.82, 2.24) is 19.6 Å². The summed E-state index contributed by atoms with van der Waals surface area (Å²) in [4.78, 5) is 0. The zero-order valence-corrected chi connectivity index (χ0v) is 14.7. The van der Waals surface area contributed by atoms with Crippen LogP contribution in [0.2, 0.25) is 0 Å². The summed E-state index contributed by atoms with van der Waals surface area (Å²) in [5.41, 5.74) is 6.70. The largest absolute Gasteiger partial charge is 0.378 e. The number of hydrogen-bond acceptors (Lipinski definition) is 3. The molecule has 2 aromatic heterocycles. The lowest BCUT2D eigenvalue weighted by atomic mass is 10.2. The van der Waals surface area contributed by atoms with Gasteiger partial charge in [-0.1, -0.05) is 17.7 Å². The van der Waals surface area contributed by atoms with Crippen LogP contribution in [-0.2, 0) is 13.6 Å². The standard InChI is InChI=1S/C17H21N5.ClH/c1-12-5-7-16(8-6-12)22-14(3)17(13(2)20-22)18-9-15-10-19-21(4)11-15;/h5-8,10-11,18H,9H2,1-4H3;1H. The Morgan fingerprint density at radius 2 is 1.78 bits per heavy atom. The summed E-state index contributed by atoms with van der Waals surface area (Å²) in [6.07, 6.45) is 3.89. The summed E-state index contributed by atoms with van der Waals surface area (Å²) in [5, 5.41) is 12.3. The van der Waals surface area contributed by atoms with Crippen LogP contribution in [-0.4, -0.2) is 19.6 Å². The highest BCUT2D eigenvalue weighted by atomic mass is 35.5. The van der Waals surface area contributed by atoms with Gasteiger partial charge in [-0.2, -0.15) is 10.2 Å². The van der Waals surface area contributed by atoms with Crippen molar-refractivity contribution in [2.24, 2.45) is 7.05 Å². The van der Waals surface area contributed by atoms with Gasteiger partial charge in [0.2, 0.25) is 0 Å². The monoisotopic (exact) mass is 331 g/mol. The van der Waals surface area contributed by atoms with Crippen LogP contribution in [0.15, 0.2) is 36.7 Å². The van der Waals surface area contributed by atoms with E-state index in [0.717, 1.165) is 34.9 Å². The van der Waals surface area contributed by atoms with Crippen LogP contribution < -0.4 is 5.32 Å². The molecule has 0 unspecified atom stereocenters. The van der Waals surface area contributed by atoms with Crippen molar-refractivity contribution < 1.29 is 0 Å². The van der Waals surface area contributed by atoms with Gasteiger partial charge in [-0.3, -0.25) is 4.68 Å². The molecule has 6 heteroatoms. The zero-order chi connectivity index (χ0) is 15.7. The average molecular weight is 332 g/mol. The SMILES string of the molecule is Cc1ccc(-n2nc(C)c(NCc3cnn(C)c3)c2C)cc1.Cl. The second-order valence-corrected chi connectivity index (χ2v) is 5.67. The van der Waals surface area contributed by atoms with Crippen LogP contribution in [0.3, 0.4) is 0 Å². The summed E-state index contributed by atoms with van der Waals surface area (Å²) in [7, 11) is 1.93. The molecule has 0 spiro atoms. The first-order chi connectivity index (χ1) is 10.5. The molecule has 122 valence electrons. The summed E-state index contributed by atoms with van der Waals surface area (Å²) in [6.45, 7) is 6.95. The second-order valence-electron chi connectivity index (χ2n) is 5.67. The molecule has 0 amide bonds. The van der Waals surface area contributed by atoms with Gasteiger partial charge >= 0.3 is 0 Å². The molecule has 0 fully saturated rings. The normalized spacial score (nSPS) is 10.4. The highest BCUT2D eigenvalue weighted by Crippen LogP contribution is 2.23. The van der Waals surface area contributed by atoms with Gasteiger partial charge in [0.1, 0.15) is 0 Å². The van der Waals surface area contributed by atoms with Gasteiger partial charge in [0, 0.05) is 25.4 Å². The third-order valence-electron chi connectivity index (χ3n) is 3.80. The maximum absolute atomic E-state index is 4.66. The van der Waals surface area contributed by atoms with E-state index in [1.54, 1.807) is 0 Å². The van der Waals surface area contributed by atoms with Crippen molar-refractivity contribution in [3.8, 4) is 5.69 Å². The minimum absolute atomic E-state index is 0. The molecule has 3 aromatic rings. The Labute approximate surface area is 142 Å². The molecule has 0 radical (unpaired) electrons. The molecule has 0 aliphatic rings. The molecule has 3 rings (SSSR count). The van der Waals surface area contributed by atoms with E-state index in [1.165, 1.54) is 5.56 Å². The fraction of sp³-hybridized carbons (Fsp3) is 0.294. The number of aromatic nitrogens is 4. The van der Waals surface area contributed by atoms with Gasteiger partial charge in [-0.15, -0.1) is 12.4 Å². The number of anilines is 1. The molecule has 1 aromatic carbocycles. The van der Waals surface area contributed by atoms with E-state index in [2.05, 4.69) is 53.6 Å². The number of rotatable bonds is 4. The highest BCUT2D eigenvalue weighted by molar-refractivity contribution is 5.85. The summed E-state index contributed by atoms with van der Waals surface area (Å²) in [6, 6.07) is 8.41. The fourth-order valence-electron chi connectivity index (χ4n) is 2.59. The number of aryl methyl sites for hydroxylation is 3. The van der Waals surface area contributed by atoms with Crippen LogP contribution >= 0.6 is 12.4 Å². The van der Waals surface area contributed by atoms with Crippen LogP contribution in [0.4, 0.5) is 5.69 Å². The van der Waals surface area contributed by atoms with Gasteiger partial charge < -0.3 is 5.32 Å². The van der Waals surface area contributed by atoms with Crippen LogP contribution in [0.1, 0.15) is 22.5 Å². The van der Waals surface area contributed by atoms with Crippen LogP contribution in [0, 0.1) is 20.8 Å². The molecule has 0 saturated heterocycles. The molecule has 5 nitrogen and oxygen atoms in total. The second kappa shape index (κ2) is 6.87. The van der Waals surface area contributed by atoms with Gasteiger partial charge in [-0.05, 0) is 32.9 Å². The lowest BCUT2D eigenvalue weighted by molar-refractivity contribution is 0.767. The predicted octanol–water partition coefficient (Wildman–Crippen LogP) is 3.56. The Bertz CT molecular complexity index is 786. The van der Waals surface area contributed by atoms with Crippen molar-refractivity contribution in [2.75, 3.05) is 5.32 Å². The predicted molar refractivity (Wildman–Crippen MR) is 95.6 cm³/mol. The molecular formula is C17H22ClN5. The van der Waals surface area contributed by atoms with E-state index in [-0.39, 0.29) is 12.4 Å². The Balaban J connectivity index is 0.00000192. The third kappa shape index (κ3) is 3.56. The molecule has 0 atom stereocenters. The molecule has 0 aliphatic heterocycles. The molecular weight excluding hydrogens is 310 g/mol. The zero-order valence-electron chi connectivity index (χ0n) is 13.9. The number of nitrogens with one attached hydrogen (secondary N) is 1. The Kier molecular flexibility index (Phi) is 5.11. The fourth-order valence-corrected chi connectivity index (χ4v) is 2.59. The van der Waals surface area contributed by atoms with Crippen molar-refractivity contribution in [2.45, 2.75) is 27.3 Å². The van der Waals surface area contributed by atoms with Crippen molar-refractivity contribution in [3.05, 3.63) is 59.2 Å². The Hall–Kier alpha value is -2.27. The minimum Gasteiger partial charge on any atom is -0.378 e. The molecule has 0 aliphatic carbocycles. The first-order valence-electron chi connectivity index (χ1n) is 7.39. The lowest BCUT2D eigenvalue weighted by Gasteiger charge is -2.07. The minimum atomic E-state index is 0. The highest BCUT2D eigenvalue weighted by Gasteiger charge is 2.12. The first kappa shape index (κ1) is 17.1. The number of nitrogens with zero attached hydrogens (tertiary/aromatic N) is 4. The van der Waals surface area contributed by atoms with E-state index < -0.39 is 0 Å². The summed E-state index contributed by atoms with van der Waals surface area (Å²) < 4.78 is 3.80. The number of benzene rings is 1. The van der Waals surface area contributed by atoms with Gasteiger partial charge in [0.05, 0.1) is 29.0 Å². The average Bonchev–Trinajstić information content (AvgIpc) is 3.02. The number of halogens is 1. The summed E-state index contributed by atoms with van der Waals surface area (Å²) in [5.74, 6) is 0. The quantitative estimate of drug-likeness (QED) is 0.795. The van der Waals surface area contributed by atoms with E-state index >= 15 is 0 Å². The first-order valence-corrected chi connectivity index (χ1v) is 7.39. The third-order valence-corrected chi connectivity index (χ3v) is 3.80. The molecule has 2 heterocycles. The van der Waals surface area contributed by atoms with E-state index in [9.17, 15) is 0 Å². The Morgan fingerprint density at radius 1 is 1.09 bits per heavy atom. The number of hydrogen-bond donors (Lipinski definition) is 1. The topological polar surface area (TPSA) is 47.7 Å². The van der Waals surface area contributed by atoms with Crippen LogP contribution in [0.25, 0.3) is 5.69 Å². The van der Waals surface area contributed by atoms with Gasteiger partial charge in [-0.25, -0.2) is 4.68 Å². The van der Waals surface area contributed by atoms with Gasteiger partial charge in [0.25, 0.3) is 0 Å². The molecule has 1 N–H and O–H groups in total. The van der Waals surface area contributed by atoms with E-state index in [0.29, 0.717) is 0 Å². The summed E-state index contributed by atoms with van der Waals surface area (Å²) >= 11 is 0. The molecule has 0 saturated carbocycles. The maximum Gasteiger partial charge on any atom is 0.0832 e. The van der Waals surface area contributed by atoms with E-state index in [1.807, 2.05) is 35.7 Å². The molecule has 0 bridgehead atoms. The lowest BCUT2D eigenvalue weighted by Crippen LogP contribution is -2.02. The van der Waals surface area contributed by atoms with Crippen LogP contribution in [0.5, 0.6) is 0 Å². The maximum atomic E-state index is 4.66. The Morgan fingerprint density at radius 3 is 2.39 bits per heavy atom. The van der Waals surface area contributed by atoms with E-state index in [4.69, 9.17) is 0 Å². The van der Waals surface area contributed by atoms with Crippen molar-refractivity contribution >= 4 is 18.1 Å². The van der Waals surface area contributed by atoms with Gasteiger partial charge in [0.15, 0.2) is 0 Å². The molecule has 23 heavy (non-hydrogen) atoms. The smallest absolute Gasteiger partial charge is 0.0832 e. The van der Waals surface area contributed by atoms with Crippen molar-refractivity contribution in [3.63, 3.8) is 0 Å².